The topological polar surface area (TPSA) is 318 Å². The molecule has 0 bridgehead atoms. The number of nitrogens with zero attached hydrogens (tertiary/aromatic N) is 5. The first-order chi connectivity index (χ1) is 23.1. The van der Waals surface area contributed by atoms with Crippen LogP contribution < -0.4 is 16.0 Å². The van der Waals surface area contributed by atoms with Crippen molar-refractivity contribution >= 4 is 50.3 Å². The third kappa shape index (κ3) is 8.28. The van der Waals surface area contributed by atoms with E-state index in [2.05, 4.69) is 25.2 Å². The Balaban J connectivity index is 1.20. The molecule has 2 aliphatic heterocycles. The molecule has 0 saturated carbocycles. The van der Waals surface area contributed by atoms with E-state index >= 15 is 0 Å². The number of fused-ring (bicyclic) bond motifs is 1. The number of aliphatic hydroxyl groups is 4. The molecule has 49 heavy (non-hydrogen) atoms. The van der Waals surface area contributed by atoms with Crippen molar-refractivity contribution in [2.75, 3.05) is 24.7 Å². The number of primary amides is 1. The number of thioether (sulfide) groups is 1. The largest absolute Gasteiger partial charge is 0.481 e. The maximum atomic E-state index is 12.6. The lowest BCUT2D eigenvalue weighted by molar-refractivity contribution is -0.765. The summed E-state index contributed by atoms with van der Waals surface area (Å²) in [6, 6.07) is 2.83. The van der Waals surface area contributed by atoms with Crippen molar-refractivity contribution in [1.82, 2.24) is 19.5 Å². The van der Waals surface area contributed by atoms with Crippen LogP contribution in [0.4, 0.5) is 5.82 Å². The SMILES string of the molecule is C#CCCSc1nc2c(N)ncnc2n1[C@@H]1O[C@H](COP(=O)(O)OP(=O)(O)OC[C@H]2O[C@@H]([n+]3cccc(C(N)=O)c3)[C@H](O)[C@@H]2O)[C@@H](O)[C@H]1O. The van der Waals surface area contributed by atoms with Crippen LogP contribution in [0.5, 0.6) is 0 Å². The first-order valence-electron chi connectivity index (χ1n) is 14.2. The number of carbonyl (C=O) groups excluding carboxylic acids is 1. The zero-order valence-corrected chi connectivity index (χ0v) is 27.7. The summed E-state index contributed by atoms with van der Waals surface area (Å²) in [6.07, 6.45) is -2.63. The van der Waals surface area contributed by atoms with Gasteiger partial charge in [-0.05, 0) is 6.07 Å². The van der Waals surface area contributed by atoms with Crippen LogP contribution in [0.1, 0.15) is 29.2 Å². The fourth-order valence-electron chi connectivity index (χ4n) is 4.94. The van der Waals surface area contributed by atoms with Gasteiger partial charge in [-0.2, -0.15) is 8.88 Å². The van der Waals surface area contributed by atoms with Crippen molar-refractivity contribution in [1.29, 1.82) is 0 Å². The number of terminal acetylenes is 1. The van der Waals surface area contributed by atoms with Crippen molar-refractivity contribution in [2.24, 2.45) is 5.73 Å². The number of amides is 1. The summed E-state index contributed by atoms with van der Waals surface area (Å²) >= 11 is 1.18. The van der Waals surface area contributed by atoms with Gasteiger partial charge in [0.15, 0.2) is 46.9 Å². The Morgan fingerprint density at radius 2 is 1.71 bits per heavy atom. The number of hydrogen-bond donors (Lipinski definition) is 8. The fraction of sp³-hybridized carbons (Fsp3) is 0.480. The van der Waals surface area contributed by atoms with Gasteiger partial charge in [0.2, 0.25) is 0 Å². The Labute approximate surface area is 281 Å². The number of aromatic nitrogens is 5. The average Bonchev–Trinajstić information content (AvgIpc) is 3.65. The van der Waals surface area contributed by atoms with Gasteiger partial charge in [-0.1, -0.05) is 11.8 Å². The normalized spacial score (nSPS) is 29.4. The van der Waals surface area contributed by atoms with Gasteiger partial charge in [0.1, 0.15) is 42.4 Å². The smallest absolute Gasteiger partial charge is 0.387 e. The van der Waals surface area contributed by atoms with Crippen LogP contribution in [-0.4, -0.2) is 111 Å². The first-order valence-corrected chi connectivity index (χ1v) is 18.1. The Morgan fingerprint density at radius 1 is 1.06 bits per heavy atom. The van der Waals surface area contributed by atoms with Crippen LogP contribution in [0.15, 0.2) is 36.0 Å². The number of hydrogen-bond acceptors (Lipinski definition) is 17. The van der Waals surface area contributed by atoms with E-state index in [1.165, 1.54) is 45.4 Å². The highest BCUT2D eigenvalue weighted by Crippen LogP contribution is 2.60. The highest BCUT2D eigenvalue weighted by Gasteiger charge is 2.50. The average molecular weight is 749 g/mol. The zero-order chi connectivity index (χ0) is 35.7. The molecule has 10 atom stereocenters. The highest BCUT2D eigenvalue weighted by molar-refractivity contribution is 7.99. The number of carbonyl (C=O) groups is 1. The minimum Gasteiger partial charge on any atom is -0.387 e. The molecule has 1 amide bonds. The summed E-state index contributed by atoms with van der Waals surface area (Å²) in [6.45, 7) is -1.84. The second kappa shape index (κ2) is 15.0. The molecule has 3 aromatic rings. The lowest BCUT2D eigenvalue weighted by Gasteiger charge is -2.20. The lowest BCUT2D eigenvalue weighted by Crippen LogP contribution is -2.46. The van der Waals surface area contributed by atoms with Crippen LogP contribution in [0.25, 0.3) is 11.2 Å². The van der Waals surface area contributed by atoms with Crippen LogP contribution in [0, 0.1) is 12.3 Å². The molecule has 0 aromatic carbocycles. The Kier molecular flexibility index (Phi) is 11.4. The number of nitrogen functional groups attached to an aromatic ring is 1. The summed E-state index contributed by atoms with van der Waals surface area (Å²) in [5.41, 5.74) is 11.6. The van der Waals surface area contributed by atoms with E-state index in [1.807, 2.05) is 0 Å². The van der Waals surface area contributed by atoms with Crippen LogP contribution >= 0.6 is 27.4 Å². The lowest BCUT2D eigenvalue weighted by atomic mass is 10.1. The Morgan fingerprint density at radius 3 is 2.37 bits per heavy atom. The van der Waals surface area contributed by atoms with E-state index in [9.17, 15) is 44.1 Å². The van der Waals surface area contributed by atoms with E-state index in [0.29, 0.717) is 12.2 Å². The van der Waals surface area contributed by atoms with Crippen molar-refractivity contribution in [3.05, 3.63) is 36.4 Å². The Bertz CT molecular complexity index is 1830. The Hall–Kier alpha value is -3.10. The number of aliphatic hydroxyl groups excluding tert-OH is 4. The van der Waals surface area contributed by atoms with Crippen molar-refractivity contribution in [3.63, 3.8) is 0 Å². The predicted molar refractivity (Wildman–Crippen MR) is 164 cm³/mol. The molecular weight excluding hydrogens is 716 g/mol. The third-order valence-electron chi connectivity index (χ3n) is 7.29. The molecule has 2 saturated heterocycles. The monoisotopic (exact) mass is 748 g/mol. The van der Waals surface area contributed by atoms with E-state index in [4.69, 9.17) is 36.4 Å². The second-order valence-corrected chi connectivity index (χ2v) is 14.7. The molecule has 21 nitrogen and oxygen atoms in total. The quantitative estimate of drug-likeness (QED) is 0.0293. The standard InChI is InChI=1S/C25H31N7O14P2S/c1-2-3-7-49-25-30-15-20(26)28-11-29-22(15)32(25)24-19(36)17(34)14(45-24)10-43-48(40,41)46-47(38,39)42-9-13-16(33)18(35)23(44-13)31-6-4-5-12(8-31)21(27)37/h1,4-6,8,11,13-14,16-19,23-24,33-36H,3,7,9-10H2,(H5-,26,27,28,29,37,38,39,40,41)/p+1/t13-,14-,16-,17-,18-,19-,23-,24-/m1/s1. The van der Waals surface area contributed by atoms with Gasteiger partial charge in [-0.15, -0.1) is 12.3 Å². The highest BCUT2D eigenvalue weighted by atomic mass is 32.2. The number of ether oxygens (including phenoxy) is 2. The predicted octanol–water partition coefficient (Wildman–Crippen LogP) is -1.90. The minimum absolute atomic E-state index is 0.0309. The molecule has 2 fully saturated rings. The van der Waals surface area contributed by atoms with Gasteiger partial charge in [0, 0.05) is 18.2 Å². The summed E-state index contributed by atoms with van der Waals surface area (Å²) in [5, 5.41) is 42.6. The molecule has 266 valence electrons. The molecule has 0 radical (unpaired) electrons. The van der Waals surface area contributed by atoms with Crippen molar-refractivity contribution in [3.8, 4) is 12.3 Å². The molecular formula is C25H32N7O14P2S+. The van der Waals surface area contributed by atoms with E-state index in [0.717, 1.165) is 6.33 Å². The number of phosphoric acid groups is 2. The van der Waals surface area contributed by atoms with Crippen LogP contribution in [0.3, 0.4) is 0 Å². The third-order valence-corrected chi connectivity index (χ3v) is 10.8. The summed E-state index contributed by atoms with van der Waals surface area (Å²) in [5.74, 6) is 2.16. The van der Waals surface area contributed by atoms with Crippen LogP contribution in [-0.2, 0) is 32.0 Å². The van der Waals surface area contributed by atoms with Crippen LogP contribution in [0.2, 0.25) is 0 Å². The van der Waals surface area contributed by atoms with E-state index in [1.54, 1.807) is 0 Å². The molecule has 0 spiro atoms. The van der Waals surface area contributed by atoms with Gasteiger partial charge in [-0.25, -0.2) is 24.1 Å². The number of phosphoric ester groups is 2. The van der Waals surface area contributed by atoms with E-state index < -0.39 is 83.8 Å². The van der Waals surface area contributed by atoms with Crippen molar-refractivity contribution in [2.45, 2.75) is 60.7 Å². The molecule has 0 aliphatic carbocycles. The fourth-order valence-corrected chi connectivity index (χ4v) is 7.92. The summed E-state index contributed by atoms with van der Waals surface area (Å²) in [4.78, 5) is 44.2. The molecule has 2 unspecified atom stereocenters. The number of pyridine rings is 1. The van der Waals surface area contributed by atoms with Gasteiger partial charge < -0.3 is 51.2 Å². The molecule has 3 aromatic heterocycles. The molecule has 10 N–H and O–H groups in total. The van der Waals surface area contributed by atoms with Gasteiger partial charge >= 0.3 is 15.6 Å². The van der Waals surface area contributed by atoms with Gasteiger partial charge in [0.05, 0.1) is 13.2 Å². The molecule has 2 aliphatic rings. The van der Waals surface area contributed by atoms with E-state index in [-0.39, 0.29) is 27.7 Å². The van der Waals surface area contributed by atoms with Gasteiger partial charge in [0.25, 0.3) is 12.1 Å². The summed E-state index contributed by atoms with van der Waals surface area (Å²) < 4.78 is 52.8. The first kappa shape index (κ1) is 37.2. The number of rotatable bonds is 14. The zero-order valence-electron chi connectivity index (χ0n) is 25.1. The number of nitrogens with two attached hydrogens (primary N) is 2. The van der Waals surface area contributed by atoms with Crippen molar-refractivity contribution < 1.29 is 71.5 Å². The molecule has 5 heterocycles. The minimum atomic E-state index is -5.42. The molecule has 24 heteroatoms. The summed E-state index contributed by atoms with van der Waals surface area (Å²) in [7, 11) is -10.8. The second-order valence-electron chi connectivity index (χ2n) is 10.6. The maximum absolute atomic E-state index is 12.6. The maximum Gasteiger partial charge on any atom is 0.481 e. The molecule has 5 rings (SSSR count). The number of imidazole rings is 1. The number of anilines is 1. The van der Waals surface area contributed by atoms with Gasteiger partial charge in [-0.3, -0.25) is 18.4 Å².